The lowest BCUT2D eigenvalue weighted by Gasteiger charge is -2.26. The first kappa shape index (κ1) is 23.4. The Morgan fingerprint density at radius 1 is 1.03 bits per heavy atom. The molecule has 1 fully saturated rings. The highest BCUT2D eigenvalue weighted by Crippen LogP contribution is 2.43. The number of aliphatic hydroxyl groups excluding tert-OH is 1. The third-order valence-corrected chi connectivity index (χ3v) is 5.98. The molecule has 0 spiro atoms. The Hall–Kier alpha value is -3.77. The number of carbonyl (C=O) groups excluding carboxylic acids is 2. The van der Waals surface area contributed by atoms with Crippen molar-refractivity contribution in [3.63, 3.8) is 0 Å². The van der Waals surface area contributed by atoms with Crippen molar-refractivity contribution < 1.29 is 24.2 Å². The number of methoxy groups -OCH3 is 1. The molecule has 0 bridgehead atoms. The molecule has 0 radical (unpaired) electrons. The number of amides is 1. The Morgan fingerprint density at radius 2 is 1.76 bits per heavy atom. The highest BCUT2D eigenvalue weighted by molar-refractivity contribution is 6.51. The van der Waals surface area contributed by atoms with E-state index in [1.165, 1.54) is 4.90 Å². The van der Waals surface area contributed by atoms with Gasteiger partial charge >= 0.3 is 0 Å². The third kappa shape index (κ3) is 4.24. The average molecular weight is 478 g/mol. The van der Waals surface area contributed by atoms with E-state index in [2.05, 4.69) is 0 Å². The van der Waals surface area contributed by atoms with Crippen molar-refractivity contribution in [1.82, 2.24) is 0 Å². The van der Waals surface area contributed by atoms with Crippen molar-refractivity contribution in [1.29, 1.82) is 0 Å². The second-order valence-corrected chi connectivity index (χ2v) is 8.27. The molecule has 1 heterocycles. The molecule has 1 unspecified atom stereocenters. The van der Waals surface area contributed by atoms with Gasteiger partial charge in [-0.15, -0.1) is 0 Å². The first-order valence-electron chi connectivity index (χ1n) is 10.8. The number of nitrogens with zero attached hydrogens (tertiary/aromatic N) is 1. The van der Waals surface area contributed by atoms with Gasteiger partial charge < -0.3 is 14.6 Å². The number of rotatable bonds is 6. The van der Waals surface area contributed by atoms with Crippen molar-refractivity contribution in [2.24, 2.45) is 0 Å². The summed E-state index contributed by atoms with van der Waals surface area (Å²) < 4.78 is 10.8. The molecule has 1 N–H and O–H groups in total. The lowest BCUT2D eigenvalue weighted by molar-refractivity contribution is -0.132. The van der Waals surface area contributed by atoms with Crippen molar-refractivity contribution in [3.05, 3.63) is 94.0 Å². The highest BCUT2D eigenvalue weighted by Gasteiger charge is 2.47. The molecule has 3 aromatic carbocycles. The van der Waals surface area contributed by atoms with E-state index in [1.807, 2.05) is 6.92 Å². The smallest absolute Gasteiger partial charge is 0.300 e. The van der Waals surface area contributed by atoms with Gasteiger partial charge in [0.15, 0.2) is 0 Å². The Labute approximate surface area is 203 Å². The molecule has 0 aliphatic carbocycles. The number of anilines is 1. The van der Waals surface area contributed by atoms with Crippen LogP contribution in [0.2, 0.25) is 5.02 Å². The fourth-order valence-corrected chi connectivity index (χ4v) is 4.25. The summed E-state index contributed by atoms with van der Waals surface area (Å²) in [5.41, 5.74) is 2.27. The van der Waals surface area contributed by atoms with E-state index in [4.69, 9.17) is 21.1 Å². The van der Waals surface area contributed by atoms with E-state index in [9.17, 15) is 14.7 Å². The lowest BCUT2D eigenvalue weighted by Crippen LogP contribution is -2.29. The maximum Gasteiger partial charge on any atom is 0.300 e. The normalized spacial score (nSPS) is 17.2. The van der Waals surface area contributed by atoms with Crippen molar-refractivity contribution in [2.45, 2.75) is 19.9 Å². The van der Waals surface area contributed by atoms with Crippen LogP contribution in [-0.2, 0) is 9.59 Å². The standard InChI is InChI=1S/C27H24ClNO5/c1-4-34-21-7-5-6-19(15-21)29-24(17-8-10-18(28)11-9-17)23(26(31)27(29)32)25(30)22-13-12-20(33-3)14-16(22)2/h5-15,24,30H,4H2,1-3H3/b25-23-. The summed E-state index contributed by atoms with van der Waals surface area (Å²) >= 11 is 6.09. The molecule has 0 saturated carbocycles. The van der Waals surface area contributed by atoms with E-state index in [1.54, 1.807) is 80.8 Å². The fourth-order valence-electron chi connectivity index (χ4n) is 4.12. The summed E-state index contributed by atoms with van der Waals surface area (Å²) in [4.78, 5) is 28.0. The third-order valence-electron chi connectivity index (χ3n) is 5.73. The first-order chi connectivity index (χ1) is 16.3. The number of hydrogen-bond acceptors (Lipinski definition) is 5. The van der Waals surface area contributed by atoms with Crippen LogP contribution < -0.4 is 14.4 Å². The number of ketones is 1. The zero-order valence-corrected chi connectivity index (χ0v) is 19.8. The van der Waals surface area contributed by atoms with Crippen molar-refractivity contribution >= 4 is 34.7 Å². The monoisotopic (exact) mass is 477 g/mol. The van der Waals surface area contributed by atoms with Crippen LogP contribution in [0.5, 0.6) is 11.5 Å². The van der Waals surface area contributed by atoms with E-state index in [0.717, 1.165) is 0 Å². The molecule has 174 valence electrons. The first-order valence-corrected chi connectivity index (χ1v) is 11.2. The molecular formula is C27H24ClNO5. The fraction of sp³-hybridized carbons (Fsp3) is 0.185. The number of hydrogen-bond donors (Lipinski definition) is 1. The minimum Gasteiger partial charge on any atom is -0.507 e. The largest absolute Gasteiger partial charge is 0.507 e. The molecule has 1 aliphatic heterocycles. The Morgan fingerprint density at radius 3 is 2.41 bits per heavy atom. The zero-order valence-electron chi connectivity index (χ0n) is 19.0. The van der Waals surface area contributed by atoms with Gasteiger partial charge in [0.05, 0.1) is 25.3 Å². The molecule has 34 heavy (non-hydrogen) atoms. The zero-order chi connectivity index (χ0) is 24.4. The number of carbonyl (C=O) groups is 2. The number of aryl methyl sites for hydroxylation is 1. The van der Waals surface area contributed by atoms with Crippen LogP contribution in [-0.4, -0.2) is 30.5 Å². The SMILES string of the molecule is CCOc1cccc(N2C(=O)C(=O)/C(=C(\O)c3ccc(OC)cc3C)C2c2ccc(Cl)cc2)c1. The van der Waals surface area contributed by atoms with Crippen LogP contribution in [0.1, 0.15) is 29.7 Å². The quantitative estimate of drug-likeness (QED) is 0.281. The number of ether oxygens (including phenoxy) is 2. The van der Waals surface area contributed by atoms with Gasteiger partial charge in [0.25, 0.3) is 11.7 Å². The Balaban J connectivity index is 1.93. The molecule has 1 saturated heterocycles. The molecule has 6 nitrogen and oxygen atoms in total. The molecule has 1 amide bonds. The summed E-state index contributed by atoms with van der Waals surface area (Å²) in [5.74, 6) is -0.558. The van der Waals surface area contributed by atoms with E-state index in [-0.39, 0.29) is 11.3 Å². The maximum atomic E-state index is 13.3. The van der Waals surface area contributed by atoms with Gasteiger partial charge in [-0.2, -0.15) is 0 Å². The summed E-state index contributed by atoms with van der Waals surface area (Å²) in [7, 11) is 1.55. The second-order valence-electron chi connectivity index (χ2n) is 7.83. The molecule has 1 atom stereocenters. The average Bonchev–Trinajstić information content (AvgIpc) is 3.10. The van der Waals surface area contributed by atoms with Gasteiger partial charge in [-0.3, -0.25) is 14.5 Å². The molecule has 3 aromatic rings. The summed E-state index contributed by atoms with van der Waals surface area (Å²) in [6.45, 7) is 4.12. The van der Waals surface area contributed by atoms with Gasteiger partial charge in [0.2, 0.25) is 0 Å². The predicted molar refractivity (Wildman–Crippen MR) is 132 cm³/mol. The highest BCUT2D eigenvalue weighted by atomic mass is 35.5. The number of aliphatic hydroxyl groups is 1. The van der Waals surface area contributed by atoms with Crippen molar-refractivity contribution in [2.75, 3.05) is 18.6 Å². The molecule has 7 heteroatoms. The summed E-state index contributed by atoms with van der Waals surface area (Å²) in [6, 6.07) is 18.1. The summed E-state index contributed by atoms with van der Waals surface area (Å²) in [5, 5.41) is 11.8. The van der Waals surface area contributed by atoms with Crippen LogP contribution in [0.4, 0.5) is 5.69 Å². The summed E-state index contributed by atoms with van der Waals surface area (Å²) in [6.07, 6.45) is 0. The maximum absolute atomic E-state index is 13.3. The number of halogens is 1. The molecule has 0 aromatic heterocycles. The van der Waals surface area contributed by atoms with E-state index < -0.39 is 17.7 Å². The van der Waals surface area contributed by atoms with Crippen LogP contribution >= 0.6 is 11.6 Å². The molecule has 1 aliphatic rings. The van der Waals surface area contributed by atoms with Crippen molar-refractivity contribution in [3.8, 4) is 11.5 Å². The van der Waals surface area contributed by atoms with Gasteiger partial charge in [-0.25, -0.2) is 0 Å². The van der Waals surface area contributed by atoms with E-state index in [0.29, 0.717) is 45.5 Å². The Bertz CT molecular complexity index is 1280. The minimum absolute atomic E-state index is 0.00222. The Kier molecular flexibility index (Phi) is 6.61. The van der Waals surface area contributed by atoms with Gasteiger partial charge in [-0.05, 0) is 67.4 Å². The van der Waals surface area contributed by atoms with Crippen LogP contribution in [0.15, 0.2) is 72.3 Å². The topological polar surface area (TPSA) is 76.1 Å². The van der Waals surface area contributed by atoms with E-state index >= 15 is 0 Å². The second kappa shape index (κ2) is 9.61. The predicted octanol–water partition coefficient (Wildman–Crippen LogP) is 5.68. The number of Topliss-reactive ketones (excluding diaryl/α,β-unsaturated/α-hetero) is 1. The van der Waals surface area contributed by atoms with Gasteiger partial charge in [-0.1, -0.05) is 29.8 Å². The lowest BCUT2D eigenvalue weighted by atomic mass is 9.93. The van der Waals surface area contributed by atoms with Crippen LogP contribution in [0, 0.1) is 6.92 Å². The number of benzene rings is 3. The van der Waals surface area contributed by atoms with Gasteiger partial charge in [0.1, 0.15) is 17.3 Å². The minimum atomic E-state index is -0.851. The molecule has 4 rings (SSSR count). The van der Waals surface area contributed by atoms with Gasteiger partial charge in [0, 0.05) is 22.3 Å². The van der Waals surface area contributed by atoms with Crippen LogP contribution in [0.3, 0.4) is 0 Å². The molecular weight excluding hydrogens is 454 g/mol. The van der Waals surface area contributed by atoms with Crippen LogP contribution in [0.25, 0.3) is 5.76 Å².